The summed E-state index contributed by atoms with van der Waals surface area (Å²) >= 11 is 0. The summed E-state index contributed by atoms with van der Waals surface area (Å²) in [5, 5.41) is 11.1. The fourth-order valence-electron chi connectivity index (χ4n) is 1.58. The maximum atomic E-state index is 11.9. The van der Waals surface area contributed by atoms with E-state index >= 15 is 0 Å². The summed E-state index contributed by atoms with van der Waals surface area (Å²) in [5.74, 6) is -1.57. The normalized spacial score (nSPS) is 10.4. The van der Waals surface area contributed by atoms with Crippen molar-refractivity contribution in [3.05, 3.63) is 41.0 Å². The smallest absolute Gasteiger partial charge is 0.328 e. The average molecular weight is 290 g/mol. The third kappa shape index (κ3) is 5.10. The number of likely N-dealkylation sites (N-methyl/N-ethyl adjacent to an activating group) is 1. The average Bonchev–Trinajstić information content (AvgIpc) is 2.42. The Balaban J connectivity index is 2.77. The number of carbonyl (C=O) groups excluding carboxylic acids is 2. The molecule has 0 saturated heterocycles. The lowest BCUT2D eigenvalue weighted by Crippen LogP contribution is -2.36. The highest BCUT2D eigenvalue weighted by atomic mass is 16.4. The fraction of sp³-hybridized carbons (Fsp3) is 0.267. The molecule has 0 radical (unpaired) electrons. The van der Waals surface area contributed by atoms with Crippen molar-refractivity contribution in [3.8, 4) is 0 Å². The van der Waals surface area contributed by atoms with Crippen LogP contribution in [0.15, 0.2) is 24.3 Å². The third-order valence-electron chi connectivity index (χ3n) is 2.84. The van der Waals surface area contributed by atoms with Gasteiger partial charge in [-0.25, -0.2) is 4.79 Å². The minimum absolute atomic E-state index is 0.0639. The molecule has 0 aromatic heterocycles. The third-order valence-corrected chi connectivity index (χ3v) is 2.84. The van der Waals surface area contributed by atoms with Crippen LogP contribution in [0.25, 0.3) is 6.08 Å². The van der Waals surface area contributed by atoms with Crippen molar-refractivity contribution in [3.63, 3.8) is 0 Å². The van der Waals surface area contributed by atoms with E-state index in [9.17, 15) is 14.4 Å². The Kier molecular flexibility index (Phi) is 5.66. The van der Waals surface area contributed by atoms with Gasteiger partial charge >= 0.3 is 5.97 Å². The van der Waals surface area contributed by atoms with Gasteiger partial charge in [0.25, 0.3) is 5.91 Å². The summed E-state index contributed by atoms with van der Waals surface area (Å²) in [7, 11) is 3.23. The van der Waals surface area contributed by atoms with Gasteiger partial charge in [0.1, 0.15) is 0 Å². The highest BCUT2D eigenvalue weighted by Crippen LogP contribution is 2.13. The van der Waals surface area contributed by atoms with Crippen molar-refractivity contribution in [2.75, 3.05) is 20.6 Å². The van der Waals surface area contributed by atoms with E-state index in [4.69, 9.17) is 5.11 Å². The van der Waals surface area contributed by atoms with E-state index < -0.39 is 5.97 Å². The van der Waals surface area contributed by atoms with E-state index in [0.717, 1.165) is 17.2 Å². The number of aliphatic carboxylic acids is 1. The SMILES string of the molecule is Cc1cc(C(=O)NCC(=O)N(C)C)ccc1/C=C/C(=O)O. The van der Waals surface area contributed by atoms with Gasteiger partial charge in [-0.15, -0.1) is 0 Å². The molecule has 112 valence electrons. The van der Waals surface area contributed by atoms with Gasteiger partial charge in [0.15, 0.2) is 0 Å². The molecule has 1 aromatic rings. The van der Waals surface area contributed by atoms with Crippen LogP contribution in [0.4, 0.5) is 0 Å². The zero-order chi connectivity index (χ0) is 16.0. The number of aryl methyl sites for hydroxylation is 1. The van der Waals surface area contributed by atoms with Crippen molar-refractivity contribution in [1.29, 1.82) is 0 Å². The number of carbonyl (C=O) groups is 3. The molecule has 0 fully saturated rings. The Morgan fingerprint density at radius 3 is 2.48 bits per heavy atom. The van der Waals surface area contributed by atoms with E-state index in [1.54, 1.807) is 39.2 Å². The number of carboxylic acids is 1. The van der Waals surface area contributed by atoms with Crippen LogP contribution in [-0.4, -0.2) is 48.4 Å². The van der Waals surface area contributed by atoms with Crippen LogP contribution < -0.4 is 5.32 Å². The number of benzene rings is 1. The van der Waals surface area contributed by atoms with E-state index in [2.05, 4.69) is 5.32 Å². The molecule has 0 spiro atoms. The van der Waals surface area contributed by atoms with Crippen LogP contribution in [0.2, 0.25) is 0 Å². The Hall–Kier alpha value is -2.63. The molecule has 0 heterocycles. The fourth-order valence-corrected chi connectivity index (χ4v) is 1.58. The molecule has 6 heteroatoms. The molecule has 0 aliphatic rings. The first-order valence-corrected chi connectivity index (χ1v) is 6.31. The molecular weight excluding hydrogens is 272 g/mol. The highest BCUT2D eigenvalue weighted by Gasteiger charge is 2.10. The van der Waals surface area contributed by atoms with Crippen LogP contribution in [0.3, 0.4) is 0 Å². The van der Waals surface area contributed by atoms with Crippen LogP contribution in [-0.2, 0) is 9.59 Å². The maximum Gasteiger partial charge on any atom is 0.328 e. The van der Waals surface area contributed by atoms with E-state index in [1.807, 2.05) is 0 Å². The minimum atomic E-state index is -1.03. The second kappa shape index (κ2) is 7.23. The van der Waals surface area contributed by atoms with Gasteiger partial charge < -0.3 is 15.3 Å². The van der Waals surface area contributed by atoms with Gasteiger partial charge in [0, 0.05) is 25.7 Å². The standard InChI is InChI=1S/C15H18N2O4/c1-10-8-12(5-4-11(10)6-7-14(19)20)15(21)16-9-13(18)17(2)3/h4-8H,9H2,1-3H3,(H,16,21)(H,19,20)/b7-6+. The number of hydrogen-bond donors (Lipinski definition) is 2. The van der Waals surface area contributed by atoms with Crippen LogP contribution in [0, 0.1) is 6.92 Å². The van der Waals surface area contributed by atoms with Crippen LogP contribution in [0.1, 0.15) is 21.5 Å². The molecule has 2 amide bonds. The lowest BCUT2D eigenvalue weighted by Gasteiger charge is -2.11. The predicted octanol–water partition coefficient (Wildman–Crippen LogP) is 0.911. The number of hydrogen-bond acceptors (Lipinski definition) is 3. The Labute approximate surface area is 123 Å². The summed E-state index contributed by atoms with van der Waals surface area (Å²) in [4.78, 5) is 35.2. The van der Waals surface area contributed by atoms with E-state index in [-0.39, 0.29) is 18.4 Å². The quantitative estimate of drug-likeness (QED) is 0.789. The number of nitrogens with zero attached hydrogens (tertiary/aromatic N) is 1. The van der Waals surface area contributed by atoms with Gasteiger partial charge in [-0.05, 0) is 36.3 Å². The van der Waals surface area contributed by atoms with Gasteiger partial charge in [-0.2, -0.15) is 0 Å². The van der Waals surface area contributed by atoms with Crippen LogP contribution in [0.5, 0.6) is 0 Å². The number of carboxylic acid groups (broad SMARTS) is 1. The summed E-state index contributed by atoms with van der Waals surface area (Å²) in [6.45, 7) is 1.72. The molecule has 0 atom stereocenters. The van der Waals surface area contributed by atoms with Crippen molar-refractivity contribution >= 4 is 23.9 Å². The molecule has 0 aliphatic carbocycles. The molecule has 0 aliphatic heterocycles. The van der Waals surface area contributed by atoms with Crippen molar-refractivity contribution in [1.82, 2.24) is 10.2 Å². The maximum absolute atomic E-state index is 11.9. The molecule has 21 heavy (non-hydrogen) atoms. The highest BCUT2D eigenvalue weighted by molar-refractivity contribution is 5.97. The minimum Gasteiger partial charge on any atom is -0.478 e. The molecule has 6 nitrogen and oxygen atoms in total. The zero-order valence-corrected chi connectivity index (χ0v) is 12.2. The molecule has 2 N–H and O–H groups in total. The summed E-state index contributed by atoms with van der Waals surface area (Å²) in [5.41, 5.74) is 1.92. The summed E-state index contributed by atoms with van der Waals surface area (Å²) < 4.78 is 0. The topological polar surface area (TPSA) is 86.7 Å². The Bertz CT molecular complexity index is 591. The van der Waals surface area contributed by atoms with Crippen molar-refractivity contribution in [2.24, 2.45) is 0 Å². The largest absolute Gasteiger partial charge is 0.478 e. The lowest BCUT2D eigenvalue weighted by molar-refractivity contribution is -0.131. The van der Waals surface area contributed by atoms with Crippen molar-refractivity contribution in [2.45, 2.75) is 6.92 Å². The first-order chi connectivity index (χ1) is 9.81. The van der Waals surface area contributed by atoms with Gasteiger partial charge in [-0.3, -0.25) is 9.59 Å². The number of amides is 2. The molecule has 1 aromatic carbocycles. The first kappa shape index (κ1) is 16.4. The number of nitrogens with one attached hydrogen (secondary N) is 1. The molecule has 0 unspecified atom stereocenters. The number of rotatable bonds is 5. The monoisotopic (exact) mass is 290 g/mol. The molecule has 0 bridgehead atoms. The van der Waals surface area contributed by atoms with E-state index in [0.29, 0.717) is 5.56 Å². The first-order valence-electron chi connectivity index (χ1n) is 6.31. The van der Waals surface area contributed by atoms with Crippen LogP contribution >= 0.6 is 0 Å². The van der Waals surface area contributed by atoms with Gasteiger partial charge in [0.2, 0.25) is 5.91 Å². The Morgan fingerprint density at radius 2 is 1.95 bits per heavy atom. The lowest BCUT2D eigenvalue weighted by atomic mass is 10.0. The molecular formula is C15H18N2O4. The molecule has 0 saturated carbocycles. The Morgan fingerprint density at radius 1 is 1.29 bits per heavy atom. The van der Waals surface area contributed by atoms with Gasteiger partial charge in [-0.1, -0.05) is 6.07 Å². The van der Waals surface area contributed by atoms with Crippen molar-refractivity contribution < 1.29 is 19.5 Å². The summed E-state index contributed by atoms with van der Waals surface area (Å²) in [6.07, 6.45) is 2.51. The predicted molar refractivity (Wildman–Crippen MR) is 78.9 cm³/mol. The van der Waals surface area contributed by atoms with Gasteiger partial charge in [0.05, 0.1) is 6.54 Å². The second-order valence-corrected chi connectivity index (χ2v) is 4.71. The second-order valence-electron chi connectivity index (χ2n) is 4.71. The zero-order valence-electron chi connectivity index (χ0n) is 12.2. The summed E-state index contributed by atoms with van der Waals surface area (Å²) in [6, 6.07) is 4.90. The molecule has 1 rings (SSSR count). The van der Waals surface area contributed by atoms with E-state index in [1.165, 1.54) is 11.0 Å².